The Kier molecular flexibility index (Phi) is 2.65. The third-order valence-electron chi connectivity index (χ3n) is 1.11. The Hall–Kier alpha value is -0.120. The van der Waals surface area contributed by atoms with E-state index in [9.17, 15) is 0 Å². The molecule has 0 saturated heterocycles. The van der Waals surface area contributed by atoms with Crippen molar-refractivity contribution in [3.05, 3.63) is 27.5 Å². The molecule has 0 aromatic carbocycles. The lowest BCUT2D eigenvalue weighted by Crippen LogP contribution is -1.97. The molecule has 0 spiro atoms. The molecule has 0 bridgehead atoms. The molecular formula is C6H6BrClN2. The average Bonchev–Trinajstić information content (AvgIpc) is 1.88. The minimum absolute atomic E-state index is 0.430. The maximum atomic E-state index is 5.71. The van der Waals surface area contributed by atoms with E-state index in [1.807, 2.05) is 12.1 Å². The SMILES string of the molecule is NCc1ccc(Br)nc1Cl. The van der Waals surface area contributed by atoms with E-state index in [1.54, 1.807) is 0 Å². The molecule has 0 aliphatic carbocycles. The summed E-state index contributed by atoms with van der Waals surface area (Å²) in [6.45, 7) is 0.430. The average molecular weight is 221 g/mol. The first-order chi connectivity index (χ1) is 4.74. The van der Waals surface area contributed by atoms with E-state index in [0.29, 0.717) is 11.7 Å². The summed E-state index contributed by atoms with van der Waals surface area (Å²) in [6, 6.07) is 3.66. The number of hydrogen-bond acceptors (Lipinski definition) is 2. The quantitative estimate of drug-likeness (QED) is 0.736. The molecule has 0 fully saturated rings. The van der Waals surface area contributed by atoms with Crippen LogP contribution in [0.5, 0.6) is 0 Å². The lowest BCUT2D eigenvalue weighted by Gasteiger charge is -1.98. The van der Waals surface area contributed by atoms with Crippen molar-refractivity contribution < 1.29 is 0 Å². The van der Waals surface area contributed by atoms with Gasteiger partial charge in [-0.1, -0.05) is 17.7 Å². The van der Waals surface area contributed by atoms with Gasteiger partial charge in [0.1, 0.15) is 9.76 Å². The predicted molar refractivity (Wildman–Crippen MR) is 44.8 cm³/mol. The third-order valence-corrected chi connectivity index (χ3v) is 1.88. The molecule has 1 aromatic rings. The number of aromatic nitrogens is 1. The van der Waals surface area contributed by atoms with Crippen LogP contribution < -0.4 is 5.73 Å². The Morgan fingerprint density at radius 3 is 2.80 bits per heavy atom. The first kappa shape index (κ1) is 7.98. The minimum Gasteiger partial charge on any atom is -0.326 e. The number of nitrogens with zero attached hydrogens (tertiary/aromatic N) is 1. The van der Waals surface area contributed by atoms with Crippen molar-refractivity contribution in [3.8, 4) is 0 Å². The molecule has 0 aliphatic heterocycles. The second-order valence-electron chi connectivity index (χ2n) is 1.79. The summed E-state index contributed by atoms with van der Waals surface area (Å²) in [5.74, 6) is 0. The number of rotatable bonds is 1. The fourth-order valence-corrected chi connectivity index (χ4v) is 1.24. The van der Waals surface area contributed by atoms with E-state index in [1.165, 1.54) is 0 Å². The van der Waals surface area contributed by atoms with Crippen LogP contribution in [-0.2, 0) is 6.54 Å². The molecule has 0 atom stereocenters. The molecule has 0 radical (unpaired) electrons. The van der Waals surface area contributed by atoms with Crippen LogP contribution in [0, 0.1) is 0 Å². The summed E-state index contributed by atoms with van der Waals surface area (Å²) < 4.78 is 0.731. The first-order valence-electron chi connectivity index (χ1n) is 2.75. The first-order valence-corrected chi connectivity index (χ1v) is 3.92. The van der Waals surface area contributed by atoms with E-state index >= 15 is 0 Å². The van der Waals surface area contributed by atoms with Gasteiger partial charge in [-0.15, -0.1) is 0 Å². The molecule has 1 heterocycles. The number of pyridine rings is 1. The Morgan fingerprint density at radius 2 is 2.30 bits per heavy atom. The second-order valence-corrected chi connectivity index (χ2v) is 2.96. The van der Waals surface area contributed by atoms with E-state index < -0.39 is 0 Å². The van der Waals surface area contributed by atoms with Crippen molar-refractivity contribution >= 4 is 27.5 Å². The number of hydrogen-bond donors (Lipinski definition) is 1. The fourth-order valence-electron chi connectivity index (χ4n) is 0.593. The van der Waals surface area contributed by atoms with Gasteiger partial charge in [-0.25, -0.2) is 4.98 Å². The van der Waals surface area contributed by atoms with Crippen LogP contribution in [0.15, 0.2) is 16.7 Å². The van der Waals surface area contributed by atoms with Crippen molar-refractivity contribution in [1.82, 2.24) is 4.98 Å². The Labute approximate surface area is 72.5 Å². The summed E-state index contributed by atoms with van der Waals surface area (Å²) in [7, 11) is 0. The maximum Gasteiger partial charge on any atom is 0.134 e. The highest BCUT2D eigenvalue weighted by atomic mass is 79.9. The molecule has 0 aliphatic rings. The molecule has 0 unspecified atom stereocenters. The smallest absolute Gasteiger partial charge is 0.134 e. The van der Waals surface area contributed by atoms with Crippen molar-refractivity contribution in [2.75, 3.05) is 0 Å². The van der Waals surface area contributed by atoms with Gasteiger partial charge in [-0.05, 0) is 22.0 Å². The van der Waals surface area contributed by atoms with Gasteiger partial charge in [-0.2, -0.15) is 0 Å². The zero-order valence-electron chi connectivity index (χ0n) is 5.14. The van der Waals surface area contributed by atoms with Crippen LogP contribution in [0.3, 0.4) is 0 Å². The van der Waals surface area contributed by atoms with Crippen molar-refractivity contribution in [1.29, 1.82) is 0 Å². The standard InChI is InChI=1S/C6H6BrClN2/c7-5-2-1-4(3-9)6(8)10-5/h1-2H,3,9H2. The van der Waals surface area contributed by atoms with Gasteiger partial charge in [-0.3, -0.25) is 0 Å². The molecule has 2 N–H and O–H groups in total. The molecule has 2 nitrogen and oxygen atoms in total. The van der Waals surface area contributed by atoms with Gasteiger partial charge in [0.2, 0.25) is 0 Å². The molecule has 54 valence electrons. The normalized spacial score (nSPS) is 9.90. The van der Waals surface area contributed by atoms with Crippen LogP contribution in [0.4, 0.5) is 0 Å². The van der Waals surface area contributed by atoms with Gasteiger partial charge in [0.25, 0.3) is 0 Å². The highest BCUT2D eigenvalue weighted by Crippen LogP contribution is 2.15. The summed E-state index contributed by atoms with van der Waals surface area (Å²) in [5, 5.41) is 0.469. The van der Waals surface area contributed by atoms with Gasteiger partial charge < -0.3 is 5.73 Å². The minimum atomic E-state index is 0.430. The molecule has 0 saturated carbocycles. The lowest BCUT2D eigenvalue weighted by molar-refractivity contribution is 1.04. The second kappa shape index (κ2) is 3.32. The Morgan fingerprint density at radius 1 is 1.60 bits per heavy atom. The fraction of sp³-hybridized carbons (Fsp3) is 0.167. The molecule has 1 aromatic heterocycles. The van der Waals surface area contributed by atoms with Crippen LogP contribution in [-0.4, -0.2) is 4.98 Å². The van der Waals surface area contributed by atoms with Crippen LogP contribution >= 0.6 is 27.5 Å². The summed E-state index contributed by atoms with van der Waals surface area (Å²) >= 11 is 8.90. The molecule has 4 heteroatoms. The van der Waals surface area contributed by atoms with E-state index in [0.717, 1.165) is 10.2 Å². The maximum absolute atomic E-state index is 5.71. The Balaban J connectivity index is 3.07. The largest absolute Gasteiger partial charge is 0.326 e. The highest BCUT2D eigenvalue weighted by Gasteiger charge is 1.98. The number of nitrogens with two attached hydrogens (primary N) is 1. The van der Waals surface area contributed by atoms with Gasteiger partial charge >= 0.3 is 0 Å². The summed E-state index contributed by atoms with van der Waals surface area (Å²) in [4.78, 5) is 3.95. The third kappa shape index (κ3) is 1.68. The van der Waals surface area contributed by atoms with Gasteiger partial charge in [0.05, 0.1) is 0 Å². The Bertz CT molecular complexity index is 239. The van der Waals surface area contributed by atoms with Gasteiger partial charge in [0.15, 0.2) is 0 Å². The molecule has 1 rings (SSSR count). The van der Waals surface area contributed by atoms with Crippen molar-refractivity contribution in [2.24, 2.45) is 5.73 Å². The molecular weight excluding hydrogens is 215 g/mol. The zero-order valence-corrected chi connectivity index (χ0v) is 7.48. The van der Waals surface area contributed by atoms with Crippen LogP contribution in [0.1, 0.15) is 5.56 Å². The molecule has 10 heavy (non-hydrogen) atoms. The lowest BCUT2D eigenvalue weighted by atomic mass is 10.3. The van der Waals surface area contributed by atoms with E-state index in [2.05, 4.69) is 20.9 Å². The highest BCUT2D eigenvalue weighted by molar-refractivity contribution is 9.10. The van der Waals surface area contributed by atoms with Crippen LogP contribution in [0.25, 0.3) is 0 Å². The van der Waals surface area contributed by atoms with Gasteiger partial charge in [0, 0.05) is 12.1 Å². The molecule has 0 amide bonds. The number of halogens is 2. The zero-order chi connectivity index (χ0) is 7.56. The van der Waals surface area contributed by atoms with Crippen molar-refractivity contribution in [2.45, 2.75) is 6.54 Å². The van der Waals surface area contributed by atoms with E-state index in [4.69, 9.17) is 17.3 Å². The monoisotopic (exact) mass is 220 g/mol. The predicted octanol–water partition coefficient (Wildman–Crippen LogP) is 1.96. The van der Waals surface area contributed by atoms with Crippen LogP contribution in [0.2, 0.25) is 5.15 Å². The summed E-state index contributed by atoms with van der Waals surface area (Å²) in [6.07, 6.45) is 0. The van der Waals surface area contributed by atoms with E-state index in [-0.39, 0.29) is 0 Å². The topological polar surface area (TPSA) is 38.9 Å². The summed E-state index contributed by atoms with van der Waals surface area (Å²) in [5.41, 5.74) is 6.23. The van der Waals surface area contributed by atoms with Crippen molar-refractivity contribution in [3.63, 3.8) is 0 Å².